The second kappa shape index (κ2) is 11.8. The molecule has 0 saturated carbocycles. The van der Waals surface area contributed by atoms with Crippen LogP contribution in [-0.2, 0) is 0 Å². The molecule has 0 radical (unpaired) electrons. The van der Waals surface area contributed by atoms with Gasteiger partial charge >= 0.3 is 0 Å². The molecule has 0 aliphatic heterocycles. The molecule has 0 aromatic rings. The third-order valence-corrected chi connectivity index (χ3v) is 1.59. The Bertz CT molecular complexity index is 145. The number of rotatable bonds is 5. The Morgan fingerprint density at radius 1 is 1.08 bits per heavy atom. The van der Waals surface area contributed by atoms with Crippen LogP contribution in [0.1, 0.15) is 26.7 Å². The summed E-state index contributed by atoms with van der Waals surface area (Å²) in [6.45, 7) is 7.32. The van der Waals surface area contributed by atoms with Gasteiger partial charge in [0.05, 0.1) is 6.54 Å². The van der Waals surface area contributed by atoms with E-state index in [1.54, 1.807) is 0 Å². The zero-order chi connectivity index (χ0) is 9.23. The van der Waals surface area contributed by atoms with Gasteiger partial charge in [0, 0.05) is 0 Å². The van der Waals surface area contributed by atoms with Crippen LogP contribution in [0.4, 0.5) is 0 Å². The highest BCUT2D eigenvalue weighted by molar-refractivity contribution is 5.85. The molecule has 0 atom stereocenters. The van der Waals surface area contributed by atoms with Crippen molar-refractivity contribution >= 4 is 12.4 Å². The predicted octanol–water partition coefficient (Wildman–Crippen LogP) is 1.53. The Morgan fingerprint density at radius 3 is 2.00 bits per heavy atom. The summed E-state index contributed by atoms with van der Waals surface area (Å²) in [7, 11) is 0. The molecular formula is C10H20ClNO. The van der Waals surface area contributed by atoms with Crippen molar-refractivity contribution in [2.24, 2.45) is 0 Å². The van der Waals surface area contributed by atoms with Crippen molar-refractivity contribution in [3.63, 3.8) is 0 Å². The molecule has 0 rings (SSSR count). The summed E-state index contributed by atoms with van der Waals surface area (Å²) in [5.74, 6) is 5.59. The number of hydrogen-bond acceptors (Lipinski definition) is 2. The standard InChI is InChI=1S/C10H19NO.ClH/c1-3-7-11(8-4-2)9-5-6-10-12;/h12H,3-4,7-10H2,1-2H3;1H. The minimum absolute atomic E-state index is 0. The van der Waals surface area contributed by atoms with Crippen LogP contribution in [0.5, 0.6) is 0 Å². The van der Waals surface area contributed by atoms with E-state index in [-0.39, 0.29) is 19.0 Å². The van der Waals surface area contributed by atoms with Crippen molar-refractivity contribution < 1.29 is 5.11 Å². The molecule has 0 bridgehead atoms. The van der Waals surface area contributed by atoms with E-state index in [1.807, 2.05) is 0 Å². The second-order valence-electron chi connectivity index (χ2n) is 2.79. The quantitative estimate of drug-likeness (QED) is 0.689. The van der Waals surface area contributed by atoms with Gasteiger partial charge in [-0.3, -0.25) is 4.90 Å². The molecule has 3 heteroatoms. The van der Waals surface area contributed by atoms with Crippen LogP contribution < -0.4 is 0 Å². The van der Waals surface area contributed by atoms with Crippen molar-refractivity contribution in [1.82, 2.24) is 4.90 Å². The molecule has 0 aliphatic rings. The third-order valence-electron chi connectivity index (χ3n) is 1.59. The maximum Gasteiger partial charge on any atom is 0.104 e. The van der Waals surface area contributed by atoms with E-state index in [2.05, 4.69) is 30.6 Å². The topological polar surface area (TPSA) is 23.5 Å². The van der Waals surface area contributed by atoms with Gasteiger partial charge in [0.2, 0.25) is 0 Å². The third kappa shape index (κ3) is 9.69. The van der Waals surface area contributed by atoms with Crippen LogP contribution in [0.2, 0.25) is 0 Å². The van der Waals surface area contributed by atoms with Gasteiger partial charge < -0.3 is 5.11 Å². The van der Waals surface area contributed by atoms with Crippen LogP contribution >= 0.6 is 12.4 Å². The summed E-state index contributed by atoms with van der Waals surface area (Å²) in [6.07, 6.45) is 2.33. The van der Waals surface area contributed by atoms with Gasteiger partial charge in [-0.1, -0.05) is 25.7 Å². The largest absolute Gasteiger partial charge is 0.384 e. The minimum Gasteiger partial charge on any atom is -0.384 e. The Hall–Kier alpha value is -0.230. The zero-order valence-electron chi connectivity index (χ0n) is 8.55. The number of aliphatic hydroxyl groups excluding tert-OH is 1. The first-order valence-electron chi connectivity index (χ1n) is 4.64. The molecule has 13 heavy (non-hydrogen) atoms. The van der Waals surface area contributed by atoms with Crippen LogP contribution in [-0.4, -0.2) is 36.2 Å². The highest BCUT2D eigenvalue weighted by atomic mass is 35.5. The lowest BCUT2D eigenvalue weighted by Crippen LogP contribution is -2.25. The van der Waals surface area contributed by atoms with Crippen molar-refractivity contribution in [2.75, 3.05) is 26.2 Å². The van der Waals surface area contributed by atoms with E-state index >= 15 is 0 Å². The predicted molar refractivity (Wildman–Crippen MR) is 59.1 cm³/mol. The van der Waals surface area contributed by atoms with Gasteiger partial charge in [-0.05, 0) is 25.9 Å². The number of nitrogens with zero attached hydrogens (tertiary/aromatic N) is 1. The smallest absolute Gasteiger partial charge is 0.104 e. The average Bonchev–Trinajstić information content (AvgIpc) is 2.06. The van der Waals surface area contributed by atoms with Crippen molar-refractivity contribution in [3.8, 4) is 11.8 Å². The van der Waals surface area contributed by atoms with Gasteiger partial charge in [-0.2, -0.15) is 0 Å². The fraction of sp³-hybridized carbons (Fsp3) is 0.800. The monoisotopic (exact) mass is 205 g/mol. The Balaban J connectivity index is 0. The zero-order valence-corrected chi connectivity index (χ0v) is 9.36. The summed E-state index contributed by atoms with van der Waals surface area (Å²) in [5, 5.41) is 8.45. The molecule has 0 saturated heterocycles. The molecule has 0 unspecified atom stereocenters. The van der Waals surface area contributed by atoms with E-state index in [0.717, 1.165) is 19.6 Å². The van der Waals surface area contributed by atoms with Crippen LogP contribution in [0.25, 0.3) is 0 Å². The van der Waals surface area contributed by atoms with Crippen LogP contribution in [0.3, 0.4) is 0 Å². The van der Waals surface area contributed by atoms with E-state index < -0.39 is 0 Å². The van der Waals surface area contributed by atoms with Gasteiger partial charge in [-0.15, -0.1) is 12.4 Å². The highest BCUT2D eigenvalue weighted by Crippen LogP contribution is 1.92. The molecule has 0 heterocycles. The molecule has 2 nitrogen and oxygen atoms in total. The van der Waals surface area contributed by atoms with E-state index in [9.17, 15) is 0 Å². The fourth-order valence-corrected chi connectivity index (χ4v) is 1.13. The maximum atomic E-state index is 8.45. The van der Waals surface area contributed by atoms with Gasteiger partial charge in [-0.25, -0.2) is 0 Å². The Kier molecular flexibility index (Phi) is 13.8. The number of hydrogen-bond donors (Lipinski definition) is 1. The molecule has 0 aromatic heterocycles. The molecule has 78 valence electrons. The van der Waals surface area contributed by atoms with Crippen molar-refractivity contribution in [2.45, 2.75) is 26.7 Å². The first-order valence-corrected chi connectivity index (χ1v) is 4.64. The molecule has 0 fully saturated rings. The molecule has 0 amide bonds. The molecule has 0 aromatic carbocycles. The first-order chi connectivity index (χ1) is 5.85. The number of halogens is 1. The SMILES string of the molecule is CCCN(CC#CCO)CCC.Cl. The molecule has 0 aliphatic carbocycles. The summed E-state index contributed by atoms with van der Waals surface area (Å²) in [5.41, 5.74) is 0. The lowest BCUT2D eigenvalue weighted by molar-refractivity contribution is 0.307. The lowest BCUT2D eigenvalue weighted by Gasteiger charge is -2.17. The minimum atomic E-state index is -0.0217. The highest BCUT2D eigenvalue weighted by Gasteiger charge is 1.97. The van der Waals surface area contributed by atoms with E-state index in [0.29, 0.717) is 0 Å². The second-order valence-corrected chi connectivity index (χ2v) is 2.79. The normalized spacial score (nSPS) is 8.92. The Labute approximate surface area is 87.7 Å². The Morgan fingerprint density at radius 2 is 1.62 bits per heavy atom. The summed E-state index contributed by atoms with van der Waals surface area (Å²) >= 11 is 0. The molecule has 0 spiro atoms. The van der Waals surface area contributed by atoms with Gasteiger partial charge in [0.25, 0.3) is 0 Å². The number of aliphatic hydroxyl groups is 1. The van der Waals surface area contributed by atoms with E-state index in [4.69, 9.17) is 5.11 Å². The fourth-order valence-electron chi connectivity index (χ4n) is 1.13. The lowest BCUT2D eigenvalue weighted by atomic mass is 10.3. The van der Waals surface area contributed by atoms with Gasteiger partial charge in [0.1, 0.15) is 6.61 Å². The average molecular weight is 206 g/mol. The molecule has 1 N–H and O–H groups in total. The molecular weight excluding hydrogens is 186 g/mol. The summed E-state index contributed by atoms with van der Waals surface area (Å²) < 4.78 is 0. The summed E-state index contributed by atoms with van der Waals surface area (Å²) in [6, 6.07) is 0. The maximum absolute atomic E-state index is 8.45. The van der Waals surface area contributed by atoms with E-state index in [1.165, 1.54) is 12.8 Å². The van der Waals surface area contributed by atoms with Crippen LogP contribution in [0.15, 0.2) is 0 Å². The summed E-state index contributed by atoms with van der Waals surface area (Å²) in [4.78, 5) is 2.31. The van der Waals surface area contributed by atoms with Gasteiger partial charge in [0.15, 0.2) is 0 Å². The van der Waals surface area contributed by atoms with Crippen molar-refractivity contribution in [3.05, 3.63) is 0 Å². The van der Waals surface area contributed by atoms with Crippen molar-refractivity contribution in [1.29, 1.82) is 0 Å². The van der Waals surface area contributed by atoms with Crippen LogP contribution in [0, 0.1) is 11.8 Å². The first kappa shape index (κ1) is 15.3.